The Bertz CT molecular complexity index is 768. The molecule has 0 aliphatic carbocycles. The highest BCUT2D eigenvalue weighted by Gasteiger charge is 2.34. The van der Waals surface area contributed by atoms with Gasteiger partial charge in [0.15, 0.2) is 5.96 Å². The van der Waals surface area contributed by atoms with Crippen molar-refractivity contribution < 1.29 is 9.13 Å². The van der Waals surface area contributed by atoms with Crippen molar-refractivity contribution in [2.24, 2.45) is 4.99 Å². The predicted octanol–water partition coefficient (Wildman–Crippen LogP) is 4.00. The summed E-state index contributed by atoms with van der Waals surface area (Å²) in [4.78, 5) is 6.02. The van der Waals surface area contributed by atoms with Gasteiger partial charge in [-0.3, -0.25) is 0 Å². The van der Waals surface area contributed by atoms with E-state index in [1.165, 1.54) is 16.5 Å². The summed E-state index contributed by atoms with van der Waals surface area (Å²) in [7, 11) is 0. The number of hydrogen-bond donors (Lipinski definition) is 2. The number of nitrogens with one attached hydrogen (secondary N) is 2. The molecule has 0 unspecified atom stereocenters. The minimum Gasteiger partial charge on any atom is -0.381 e. The summed E-state index contributed by atoms with van der Waals surface area (Å²) in [6.45, 7) is 7.73. The van der Waals surface area contributed by atoms with Crippen LogP contribution in [0.15, 0.2) is 40.7 Å². The van der Waals surface area contributed by atoms with Gasteiger partial charge < -0.3 is 15.4 Å². The fraction of sp³-hybridized carbons (Fsp3) is 0.476. The Balaban J connectivity index is 1.75. The molecule has 0 atom stereocenters. The van der Waals surface area contributed by atoms with Crippen LogP contribution >= 0.6 is 11.3 Å². The van der Waals surface area contributed by atoms with Crippen molar-refractivity contribution in [3.63, 3.8) is 0 Å². The lowest BCUT2D eigenvalue weighted by atomic mass is 9.74. The van der Waals surface area contributed by atoms with Crippen molar-refractivity contribution in [3.05, 3.63) is 57.5 Å². The van der Waals surface area contributed by atoms with Gasteiger partial charge in [0.2, 0.25) is 0 Å². The lowest BCUT2D eigenvalue weighted by Crippen LogP contribution is -2.48. The van der Waals surface area contributed by atoms with E-state index in [1.54, 1.807) is 23.5 Å². The molecule has 0 radical (unpaired) electrons. The van der Waals surface area contributed by atoms with Gasteiger partial charge in [-0.15, -0.1) is 11.3 Å². The quantitative estimate of drug-likeness (QED) is 0.580. The predicted molar refractivity (Wildman–Crippen MR) is 110 cm³/mol. The van der Waals surface area contributed by atoms with E-state index in [2.05, 4.69) is 35.9 Å². The van der Waals surface area contributed by atoms with E-state index in [4.69, 9.17) is 9.73 Å². The molecule has 1 fully saturated rings. The molecule has 6 heteroatoms. The molecule has 1 aliphatic heterocycles. The molecule has 1 aliphatic rings. The average molecular weight is 390 g/mol. The topological polar surface area (TPSA) is 45.7 Å². The number of aryl methyl sites for hydroxylation is 1. The summed E-state index contributed by atoms with van der Waals surface area (Å²) < 4.78 is 19.4. The van der Waals surface area contributed by atoms with Gasteiger partial charge in [-0.2, -0.15) is 0 Å². The van der Waals surface area contributed by atoms with Gasteiger partial charge in [0.1, 0.15) is 5.82 Å². The van der Waals surface area contributed by atoms with E-state index in [0.717, 1.165) is 30.9 Å². The molecule has 0 spiro atoms. The van der Waals surface area contributed by atoms with Gasteiger partial charge in [0, 0.05) is 36.6 Å². The lowest BCUT2D eigenvalue weighted by Gasteiger charge is -2.38. The number of aliphatic imine (C=N–C) groups is 1. The molecule has 2 heterocycles. The van der Waals surface area contributed by atoms with Crippen molar-refractivity contribution in [2.45, 2.75) is 38.6 Å². The zero-order valence-electron chi connectivity index (χ0n) is 16.1. The molecule has 0 bridgehead atoms. The van der Waals surface area contributed by atoms with Crippen LogP contribution < -0.4 is 10.6 Å². The molecule has 0 saturated carbocycles. The molecule has 2 aromatic rings. The van der Waals surface area contributed by atoms with E-state index >= 15 is 0 Å². The summed E-state index contributed by atoms with van der Waals surface area (Å²) in [6.07, 6.45) is 1.74. The largest absolute Gasteiger partial charge is 0.381 e. The minimum atomic E-state index is -0.188. The molecule has 2 N–H and O–H groups in total. The summed E-state index contributed by atoms with van der Waals surface area (Å²) in [5, 5.41) is 8.92. The average Bonchev–Trinajstić information content (AvgIpc) is 3.09. The number of ether oxygens (including phenoxy) is 1. The number of halogens is 1. The van der Waals surface area contributed by atoms with E-state index in [0.29, 0.717) is 26.3 Å². The summed E-state index contributed by atoms with van der Waals surface area (Å²) in [5.41, 5.74) is 2.17. The van der Waals surface area contributed by atoms with Crippen LogP contribution in [0.5, 0.6) is 0 Å². The highest BCUT2D eigenvalue weighted by molar-refractivity contribution is 7.10. The van der Waals surface area contributed by atoms with Crippen LogP contribution in [-0.4, -0.2) is 32.3 Å². The molecule has 1 aromatic heterocycles. The molecular weight excluding hydrogens is 361 g/mol. The first-order valence-electron chi connectivity index (χ1n) is 9.52. The lowest BCUT2D eigenvalue weighted by molar-refractivity contribution is 0.0513. The highest BCUT2D eigenvalue weighted by atomic mass is 32.1. The monoisotopic (exact) mass is 389 g/mol. The fourth-order valence-corrected chi connectivity index (χ4v) is 4.29. The number of hydrogen-bond acceptors (Lipinski definition) is 3. The first-order valence-corrected chi connectivity index (χ1v) is 10.4. The van der Waals surface area contributed by atoms with E-state index < -0.39 is 0 Å². The Hall–Kier alpha value is -1.92. The molecule has 4 nitrogen and oxygen atoms in total. The molecular formula is C21H28FN3OS. The van der Waals surface area contributed by atoms with Crippen LogP contribution in [0.25, 0.3) is 0 Å². The maximum atomic E-state index is 13.8. The zero-order chi connectivity index (χ0) is 19.1. The van der Waals surface area contributed by atoms with E-state index in [9.17, 15) is 4.39 Å². The molecule has 1 saturated heterocycles. The Morgan fingerprint density at radius 1 is 1.26 bits per heavy atom. The number of nitrogens with zero attached hydrogens (tertiary/aromatic N) is 1. The third-order valence-corrected chi connectivity index (χ3v) is 6.18. The summed E-state index contributed by atoms with van der Waals surface area (Å²) >= 11 is 1.73. The van der Waals surface area contributed by atoms with E-state index in [-0.39, 0.29) is 11.2 Å². The third-order valence-electron chi connectivity index (χ3n) is 5.17. The molecule has 3 rings (SSSR count). The second-order valence-electron chi connectivity index (χ2n) is 6.98. The van der Waals surface area contributed by atoms with Crippen LogP contribution in [0.3, 0.4) is 0 Å². The zero-order valence-corrected chi connectivity index (χ0v) is 16.9. The third kappa shape index (κ3) is 5.08. The molecule has 146 valence electrons. The minimum absolute atomic E-state index is 0.143. The second-order valence-corrected chi connectivity index (χ2v) is 7.98. The molecule has 1 aromatic carbocycles. The Morgan fingerprint density at radius 2 is 2.07 bits per heavy atom. The van der Waals surface area contributed by atoms with Crippen molar-refractivity contribution in [1.82, 2.24) is 10.6 Å². The van der Waals surface area contributed by atoms with Gasteiger partial charge in [0.25, 0.3) is 0 Å². The summed E-state index contributed by atoms with van der Waals surface area (Å²) in [6, 6.07) is 9.09. The van der Waals surface area contributed by atoms with Gasteiger partial charge in [0.05, 0.1) is 6.54 Å². The normalized spacial score (nSPS) is 16.9. The maximum Gasteiger partial charge on any atom is 0.191 e. The number of guanidine groups is 1. The highest BCUT2D eigenvalue weighted by Crippen LogP contribution is 2.34. The molecule has 0 amide bonds. The Morgan fingerprint density at radius 3 is 2.74 bits per heavy atom. The van der Waals surface area contributed by atoms with Gasteiger partial charge >= 0.3 is 0 Å². The SMILES string of the molecule is CCNC(=NCc1sccc1C)NCC1(c2cccc(F)c2)CCOCC1. The van der Waals surface area contributed by atoms with Gasteiger partial charge in [-0.25, -0.2) is 9.38 Å². The number of thiophene rings is 1. The fourth-order valence-electron chi connectivity index (χ4n) is 3.46. The van der Waals surface area contributed by atoms with Crippen LogP contribution in [0.1, 0.15) is 35.8 Å². The number of benzene rings is 1. The van der Waals surface area contributed by atoms with Crippen LogP contribution in [0.4, 0.5) is 4.39 Å². The first-order chi connectivity index (χ1) is 13.1. The Labute approximate surface area is 164 Å². The van der Waals surface area contributed by atoms with Crippen molar-refractivity contribution in [2.75, 3.05) is 26.3 Å². The van der Waals surface area contributed by atoms with Crippen molar-refractivity contribution in [1.29, 1.82) is 0 Å². The van der Waals surface area contributed by atoms with Crippen molar-refractivity contribution in [3.8, 4) is 0 Å². The van der Waals surface area contributed by atoms with Crippen molar-refractivity contribution >= 4 is 17.3 Å². The first kappa shape index (κ1) is 19.8. The Kier molecular flexibility index (Phi) is 6.85. The van der Waals surface area contributed by atoms with Gasteiger partial charge in [-0.1, -0.05) is 12.1 Å². The van der Waals surface area contributed by atoms with E-state index in [1.807, 2.05) is 6.07 Å². The second kappa shape index (κ2) is 9.33. The van der Waals surface area contributed by atoms with Gasteiger partial charge in [-0.05, 0) is 61.4 Å². The summed E-state index contributed by atoms with van der Waals surface area (Å²) in [5.74, 6) is 0.611. The smallest absolute Gasteiger partial charge is 0.191 e. The van der Waals surface area contributed by atoms with Crippen LogP contribution in [0.2, 0.25) is 0 Å². The van der Waals surface area contributed by atoms with Crippen LogP contribution in [-0.2, 0) is 16.7 Å². The molecule has 27 heavy (non-hydrogen) atoms. The maximum absolute atomic E-state index is 13.8. The standard InChI is InChI=1S/C21H28FN3OS/c1-3-23-20(24-14-19-16(2)7-12-27-19)25-15-21(8-10-26-11-9-21)17-5-4-6-18(22)13-17/h4-7,12-13H,3,8-11,14-15H2,1-2H3,(H2,23,24,25). The number of rotatable bonds is 6. The van der Waals surface area contributed by atoms with Crippen LogP contribution in [0, 0.1) is 12.7 Å².